The number of nitrogens with one attached hydrogen (secondary N) is 1. The van der Waals surface area contributed by atoms with Gasteiger partial charge in [0.1, 0.15) is 0 Å². The van der Waals surface area contributed by atoms with Crippen LogP contribution in [0.1, 0.15) is 47.5 Å². The largest absolute Gasteiger partial charge is 0.341 e. The summed E-state index contributed by atoms with van der Waals surface area (Å²) in [6, 6.07) is 0.469. The maximum Gasteiger partial charge on any atom is 0.225 e. The van der Waals surface area contributed by atoms with Crippen molar-refractivity contribution in [1.29, 1.82) is 0 Å². The van der Waals surface area contributed by atoms with Crippen molar-refractivity contribution in [3.63, 3.8) is 0 Å². The first-order valence-electron chi connectivity index (χ1n) is 8.72. The van der Waals surface area contributed by atoms with Gasteiger partial charge in [-0.15, -0.1) is 12.4 Å². The Balaban J connectivity index is 0.00000441. The van der Waals surface area contributed by atoms with Gasteiger partial charge in [-0.2, -0.15) is 0 Å². The smallest absolute Gasteiger partial charge is 0.225 e. The van der Waals surface area contributed by atoms with Crippen LogP contribution in [0.3, 0.4) is 0 Å². The summed E-state index contributed by atoms with van der Waals surface area (Å²) in [5.41, 5.74) is 0. The van der Waals surface area contributed by atoms with Crippen LogP contribution in [0, 0.1) is 11.8 Å². The molecule has 1 rings (SSSR count). The summed E-state index contributed by atoms with van der Waals surface area (Å²) < 4.78 is 0. The first-order chi connectivity index (χ1) is 9.97. The van der Waals surface area contributed by atoms with E-state index >= 15 is 0 Å². The lowest BCUT2D eigenvalue weighted by atomic mass is 9.91. The Bertz CT molecular complexity index is 308. The summed E-state index contributed by atoms with van der Waals surface area (Å²) in [4.78, 5) is 17.4. The third kappa shape index (κ3) is 7.30. The van der Waals surface area contributed by atoms with E-state index in [9.17, 15) is 4.79 Å². The molecule has 4 nitrogen and oxygen atoms in total. The van der Waals surface area contributed by atoms with Crippen LogP contribution in [0.25, 0.3) is 0 Å². The predicted octanol–water partition coefficient (Wildman–Crippen LogP) is 2.62. The van der Waals surface area contributed by atoms with Crippen molar-refractivity contribution in [1.82, 2.24) is 15.1 Å². The SMILES string of the molecule is CCN(CC)CCN(CC(C)C)C(=O)[C@H]1CCN[C@@H](C)C1.Cl. The Labute approximate surface area is 143 Å². The molecular weight excluding hydrogens is 298 g/mol. The van der Waals surface area contributed by atoms with Crippen LogP contribution < -0.4 is 5.32 Å². The molecule has 1 saturated heterocycles. The maximum atomic E-state index is 12.8. The lowest BCUT2D eigenvalue weighted by Crippen LogP contribution is -2.47. The van der Waals surface area contributed by atoms with Gasteiger partial charge in [0.25, 0.3) is 0 Å². The average Bonchev–Trinajstić information content (AvgIpc) is 2.46. The molecule has 2 atom stereocenters. The van der Waals surface area contributed by atoms with Crippen LogP contribution in [-0.2, 0) is 4.79 Å². The molecule has 1 amide bonds. The number of carbonyl (C=O) groups excluding carboxylic acids is 1. The number of hydrogen-bond donors (Lipinski definition) is 1. The lowest BCUT2D eigenvalue weighted by Gasteiger charge is -2.34. The highest BCUT2D eigenvalue weighted by Crippen LogP contribution is 2.19. The Kier molecular flexibility index (Phi) is 11.1. The summed E-state index contributed by atoms with van der Waals surface area (Å²) in [6.07, 6.45) is 1.97. The van der Waals surface area contributed by atoms with E-state index in [0.717, 1.165) is 52.1 Å². The van der Waals surface area contributed by atoms with E-state index in [0.29, 0.717) is 17.9 Å². The summed E-state index contributed by atoms with van der Waals surface area (Å²) in [7, 11) is 0. The molecule has 0 saturated carbocycles. The number of piperidine rings is 1. The fourth-order valence-corrected chi connectivity index (χ4v) is 3.15. The highest BCUT2D eigenvalue weighted by molar-refractivity contribution is 5.85. The van der Waals surface area contributed by atoms with Gasteiger partial charge in [0.2, 0.25) is 5.91 Å². The van der Waals surface area contributed by atoms with E-state index in [1.54, 1.807) is 0 Å². The van der Waals surface area contributed by atoms with Gasteiger partial charge in [0, 0.05) is 31.6 Å². The van der Waals surface area contributed by atoms with Crippen molar-refractivity contribution in [3.8, 4) is 0 Å². The number of hydrogen-bond acceptors (Lipinski definition) is 3. The molecule has 132 valence electrons. The number of nitrogens with zero attached hydrogens (tertiary/aromatic N) is 2. The third-order valence-electron chi connectivity index (χ3n) is 4.45. The predicted molar refractivity (Wildman–Crippen MR) is 96.6 cm³/mol. The van der Waals surface area contributed by atoms with Gasteiger partial charge in [-0.1, -0.05) is 27.7 Å². The summed E-state index contributed by atoms with van der Waals surface area (Å²) >= 11 is 0. The average molecular weight is 334 g/mol. The zero-order chi connectivity index (χ0) is 15.8. The van der Waals surface area contributed by atoms with Crippen molar-refractivity contribution in [2.24, 2.45) is 11.8 Å². The monoisotopic (exact) mass is 333 g/mol. The molecule has 1 fully saturated rings. The number of halogens is 1. The molecule has 22 heavy (non-hydrogen) atoms. The molecule has 1 N–H and O–H groups in total. The van der Waals surface area contributed by atoms with Crippen molar-refractivity contribution in [2.45, 2.75) is 53.5 Å². The lowest BCUT2D eigenvalue weighted by molar-refractivity contribution is -0.137. The van der Waals surface area contributed by atoms with Crippen molar-refractivity contribution >= 4 is 18.3 Å². The number of rotatable bonds is 8. The van der Waals surface area contributed by atoms with Gasteiger partial charge in [-0.3, -0.25) is 4.79 Å². The fourth-order valence-electron chi connectivity index (χ4n) is 3.15. The Hall–Kier alpha value is -0.320. The Morgan fingerprint density at radius 3 is 2.36 bits per heavy atom. The van der Waals surface area contributed by atoms with Crippen LogP contribution in [-0.4, -0.2) is 61.0 Å². The molecule has 0 aromatic rings. The molecule has 5 heteroatoms. The highest BCUT2D eigenvalue weighted by atomic mass is 35.5. The summed E-state index contributed by atoms with van der Waals surface area (Å²) in [6.45, 7) is 16.8. The van der Waals surface area contributed by atoms with E-state index in [1.807, 2.05) is 0 Å². The first-order valence-corrected chi connectivity index (χ1v) is 8.72. The van der Waals surface area contributed by atoms with Crippen molar-refractivity contribution in [3.05, 3.63) is 0 Å². The van der Waals surface area contributed by atoms with Gasteiger partial charge in [-0.05, 0) is 45.3 Å². The van der Waals surface area contributed by atoms with Crippen LogP contribution in [0.5, 0.6) is 0 Å². The van der Waals surface area contributed by atoms with Gasteiger partial charge in [0.15, 0.2) is 0 Å². The number of likely N-dealkylation sites (N-methyl/N-ethyl adjacent to an activating group) is 1. The van der Waals surface area contributed by atoms with Crippen LogP contribution in [0.2, 0.25) is 0 Å². The van der Waals surface area contributed by atoms with E-state index in [1.165, 1.54) is 0 Å². The quantitative estimate of drug-likeness (QED) is 0.741. The normalized spacial score (nSPS) is 21.8. The second-order valence-electron chi connectivity index (χ2n) is 6.78. The molecule has 0 aromatic heterocycles. The second-order valence-corrected chi connectivity index (χ2v) is 6.78. The van der Waals surface area contributed by atoms with Gasteiger partial charge < -0.3 is 15.1 Å². The van der Waals surface area contributed by atoms with Gasteiger partial charge in [0.05, 0.1) is 0 Å². The minimum Gasteiger partial charge on any atom is -0.341 e. The maximum absolute atomic E-state index is 12.8. The molecule has 1 aliphatic rings. The molecule has 0 aliphatic carbocycles. The fraction of sp³-hybridized carbons (Fsp3) is 0.941. The zero-order valence-electron chi connectivity index (χ0n) is 15.1. The van der Waals surface area contributed by atoms with E-state index in [-0.39, 0.29) is 18.3 Å². The Morgan fingerprint density at radius 2 is 1.86 bits per heavy atom. The summed E-state index contributed by atoms with van der Waals surface area (Å²) in [5, 5.41) is 3.44. The third-order valence-corrected chi connectivity index (χ3v) is 4.45. The molecule has 0 unspecified atom stereocenters. The molecule has 0 spiro atoms. The molecule has 0 radical (unpaired) electrons. The van der Waals surface area contributed by atoms with Crippen LogP contribution >= 0.6 is 12.4 Å². The zero-order valence-corrected chi connectivity index (χ0v) is 15.9. The standard InChI is InChI=1S/C17H35N3O.ClH/c1-6-19(7-2)10-11-20(13-14(3)4)17(21)16-8-9-18-15(5)12-16;/h14-16,18H,6-13H2,1-5H3;1H/t15-,16-;/m0./s1. The van der Waals surface area contributed by atoms with Gasteiger partial charge >= 0.3 is 0 Å². The van der Waals surface area contributed by atoms with Crippen molar-refractivity contribution < 1.29 is 4.79 Å². The van der Waals surface area contributed by atoms with Crippen LogP contribution in [0.4, 0.5) is 0 Å². The Morgan fingerprint density at radius 1 is 1.23 bits per heavy atom. The topological polar surface area (TPSA) is 35.6 Å². The number of carbonyl (C=O) groups is 1. The highest BCUT2D eigenvalue weighted by Gasteiger charge is 2.28. The van der Waals surface area contributed by atoms with Crippen molar-refractivity contribution in [2.75, 3.05) is 39.3 Å². The molecule has 1 aliphatic heterocycles. The first kappa shape index (κ1) is 21.7. The van der Waals surface area contributed by atoms with E-state index in [2.05, 4.69) is 49.7 Å². The number of amides is 1. The molecule has 0 aromatic carbocycles. The van der Waals surface area contributed by atoms with Gasteiger partial charge in [-0.25, -0.2) is 0 Å². The second kappa shape index (κ2) is 11.3. The minimum atomic E-state index is 0. The summed E-state index contributed by atoms with van der Waals surface area (Å²) in [5.74, 6) is 1.13. The van der Waals surface area contributed by atoms with E-state index in [4.69, 9.17) is 0 Å². The van der Waals surface area contributed by atoms with E-state index < -0.39 is 0 Å². The minimum absolute atomic E-state index is 0. The molecular formula is C17H36ClN3O. The molecule has 0 bridgehead atoms. The van der Waals surface area contributed by atoms with Crippen LogP contribution in [0.15, 0.2) is 0 Å². The molecule has 1 heterocycles.